The Kier molecular flexibility index (Phi) is 15.2. The van der Waals surface area contributed by atoms with Crippen LogP contribution in [0.4, 0.5) is 0 Å². The molecule has 0 radical (unpaired) electrons. The first kappa shape index (κ1) is 23.3. The van der Waals surface area contributed by atoms with Gasteiger partial charge in [-0.1, -0.05) is 82.8 Å². The third-order valence-electron chi connectivity index (χ3n) is 3.09. The Labute approximate surface area is 144 Å². The van der Waals surface area contributed by atoms with Gasteiger partial charge >= 0.3 is 0 Å². The third kappa shape index (κ3) is 9.62. The zero-order valence-corrected chi connectivity index (χ0v) is 16.4. The van der Waals surface area contributed by atoms with E-state index in [1.165, 1.54) is 10.8 Å². The van der Waals surface area contributed by atoms with Crippen LogP contribution in [-0.4, -0.2) is 37.5 Å². The van der Waals surface area contributed by atoms with Crippen molar-refractivity contribution >= 4 is 10.8 Å². The van der Waals surface area contributed by atoms with E-state index < -0.39 is 0 Å². The molecule has 0 N–H and O–H groups in total. The van der Waals surface area contributed by atoms with Crippen LogP contribution in [0, 0.1) is 0 Å². The van der Waals surface area contributed by atoms with Gasteiger partial charge in [0.25, 0.3) is 0 Å². The second-order valence-electron chi connectivity index (χ2n) is 4.67. The zero-order valence-electron chi connectivity index (χ0n) is 16.4. The molecule has 0 spiro atoms. The summed E-state index contributed by atoms with van der Waals surface area (Å²) in [4.78, 5) is 4.10. The minimum absolute atomic E-state index is 1.01. The molecule has 0 fully saturated rings. The van der Waals surface area contributed by atoms with Gasteiger partial charge in [0.05, 0.1) is 5.82 Å². The lowest BCUT2D eigenvalue weighted by Crippen LogP contribution is -2.26. The predicted octanol–water partition coefficient (Wildman–Crippen LogP) is 5.86. The summed E-state index contributed by atoms with van der Waals surface area (Å²) in [7, 11) is 6.02. The molecule has 0 unspecified atom stereocenters. The topological polar surface area (TPSA) is 6.48 Å². The van der Waals surface area contributed by atoms with Crippen molar-refractivity contribution in [2.45, 2.75) is 34.6 Å². The number of hydrogen-bond acceptors (Lipinski definition) is 2. The molecule has 23 heavy (non-hydrogen) atoms. The molecule has 0 aliphatic rings. The van der Waals surface area contributed by atoms with Gasteiger partial charge in [0, 0.05) is 27.7 Å². The lowest BCUT2D eigenvalue weighted by atomic mass is 10.1. The Balaban J connectivity index is 0. The highest BCUT2D eigenvalue weighted by molar-refractivity contribution is 5.81. The second-order valence-corrected chi connectivity index (χ2v) is 4.67. The van der Waals surface area contributed by atoms with E-state index in [2.05, 4.69) is 66.9 Å². The standard InChI is InChI=1S/C10H8.C7H16N2.2C2H6/c1-2-6-10-8-4-3-7-9(10)5-1;1-6-9(5)7(2)8(3)4;2*1-2/h1-8H;2,6H2,1,3-5H3;2*1-2H3. The molecule has 0 aromatic heterocycles. The van der Waals surface area contributed by atoms with Crippen LogP contribution in [-0.2, 0) is 0 Å². The maximum Gasteiger partial charge on any atom is 0.0957 e. The second kappa shape index (κ2) is 15.0. The van der Waals surface area contributed by atoms with Crippen LogP contribution in [0.3, 0.4) is 0 Å². The van der Waals surface area contributed by atoms with Gasteiger partial charge in [-0.15, -0.1) is 0 Å². The molecule has 0 bridgehead atoms. The van der Waals surface area contributed by atoms with E-state index in [1.807, 2.05) is 53.7 Å². The van der Waals surface area contributed by atoms with Gasteiger partial charge in [-0.3, -0.25) is 0 Å². The Morgan fingerprint density at radius 3 is 1.26 bits per heavy atom. The zero-order chi connectivity index (χ0) is 18.3. The molecule has 0 saturated carbocycles. The van der Waals surface area contributed by atoms with Crippen molar-refractivity contribution in [3.63, 3.8) is 0 Å². The lowest BCUT2D eigenvalue weighted by molar-refractivity contribution is 0.313. The molecule has 0 aliphatic heterocycles. The molecular weight excluding hydrogens is 280 g/mol. The van der Waals surface area contributed by atoms with Crippen LogP contribution in [0.5, 0.6) is 0 Å². The van der Waals surface area contributed by atoms with Crippen molar-refractivity contribution in [2.24, 2.45) is 0 Å². The Morgan fingerprint density at radius 2 is 1.09 bits per heavy atom. The summed E-state index contributed by atoms with van der Waals surface area (Å²) < 4.78 is 0. The van der Waals surface area contributed by atoms with Crippen LogP contribution >= 0.6 is 0 Å². The van der Waals surface area contributed by atoms with Gasteiger partial charge in [-0.25, -0.2) is 0 Å². The summed E-state index contributed by atoms with van der Waals surface area (Å²) in [5, 5.41) is 2.62. The van der Waals surface area contributed by atoms with Crippen molar-refractivity contribution in [1.82, 2.24) is 9.80 Å². The molecule has 2 rings (SSSR count). The third-order valence-corrected chi connectivity index (χ3v) is 3.09. The van der Waals surface area contributed by atoms with Crippen LogP contribution in [0.15, 0.2) is 60.9 Å². The van der Waals surface area contributed by atoms with Crippen molar-refractivity contribution < 1.29 is 0 Å². The minimum Gasteiger partial charge on any atom is -0.365 e. The molecule has 0 aliphatic carbocycles. The van der Waals surface area contributed by atoms with Crippen LogP contribution in [0.2, 0.25) is 0 Å². The summed E-state index contributed by atoms with van der Waals surface area (Å²) >= 11 is 0. The molecular formula is C21H36N2. The number of rotatable bonds is 3. The van der Waals surface area contributed by atoms with Crippen molar-refractivity contribution in [3.8, 4) is 0 Å². The maximum absolute atomic E-state index is 3.88. The summed E-state index contributed by atoms with van der Waals surface area (Å²) in [6.07, 6.45) is 0. The predicted molar refractivity (Wildman–Crippen MR) is 108 cm³/mol. The first-order valence-corrected chi connectivity index (χ1v) is 8.57. The maximum atomic E-state index is 3.88. The highest BCUT2D eigenvalue weighted by Crippen LogP contribution is 2.11. The van der Waals surface area contributed by atoms with Crippen LogP contribution in [0.25, 0.3) is 10.8 Å². The average Bonchev–Trinajstić information content (AvgIpc) is 2.64. The molecule has 0 amide bonds. The monoisotopic (exact) mass is 316 g/mol. The van der Waals surface area contributed by atoms with Crippen LogP contribution < -0.4 is 0 Å². The molecule has 2 aromatic rings. The number of hydrogen-bond donors (Lipinski definition) is 0. The van der Waals surface area contributed by atoms with E-state index >= 15 is 0 Å². The molecule has 130 valence electrons. The van der Waals surface area contributed by atoms with Crippen molar-refractivity contribution in [2.75, 3.05) is 27.7 Å². The summed E-state index contributed by atoms with van der Waals surface area (Å²) in [6.45, 7) is 15.0. The highest BCUT2D eigenvalue weighted by Gasteiger charge is 1.98. The Hall–Kier alpha value is -1.96. The van der Waals surface area contributed by atoms with E-state index in [9.17, 15) is 0 Å². The molecule has 0 heterocycles. The van der Waals surface area contributed by atoms with Gasteiger partial charge in [0.2, 0.25) is 0 Å². The van der Waals surface area contributed by atoms with E-state index in [4.69, 9.17) is 0 Å². The van der Waals surface area contributed by atoms with E-state index in [0.29, 0.717) is 0 Å². The summed E-state index contributed by atoms with van der Waals surface area (Å²) in [5.74, 6) is 1.05. The van der Waals surface area contributed by atoms with Crippen LogP contribution in [0.1, 0.15) is 34.6 Å². The van der Waals surface area contributed by atoms with E-state index in [0.717, 1.165) is 12.4 Å². The minimum atomic E-state index is 1.01. The van der Waals surface area contributed by atoms with Crippen molar-refractivity contribution in [1.29, 1.82) is 0 Å². The molecule has 2 aromatic carbocycles. The quantitative estimate of drug-likeness (QED) is 0.699. The molecule has 2 heteroatoms. The normalized spacial score (nSPS) is 8.35. The average molecular weight is 317 g/mol. The summed E-state index contributed by atoms with van der Waals surface area (Å²) in [6, 6.07) is 16.7. The first-order chi connectivity index (χ1) is 11.1. The molecule has 0 atom stereocenters. The fraction of sp³-hybridized carbons (Fsp3) is 0.429. The fourth-order valence-corrected chi connectivity index (χ4v) is 1.66. The molecule has 0 saturated heterocycles. The SMILES string of the molecule is C=C(N(C)C)N(C)CC.CC.CC.c1ccc2ccccc2c1. The van der Waals surface area contributed by atoms with Gasteiger partial charge in [-0.05, 0) is 17.7 Å². The Morgan fingerprint density at radius 1 is 0.783 bits per heavy atom. The summed E-state index contributed by atoms with van der Waals surface area (Å²) in [5.41, 5.74) is 0. The highest BCUT2D eigenvalue weighted by atomic mass is 15.3. The largest absolute Gasteiger partial charge is 0.365 e. The van der Waals surface area contributed by atoms with Gasteiger partial charge in [-0.2, -0.15) is 0 Å². The van der Waals surface area contributed by atoms with E-state index in [1.54, 1.807) is 0 Å². The number of benzene rings is 2. The lowest BCUT2D eigenvalue weighted by Gasteiger charge is -2.25. The van der Waals surface area contributed by atoms with Gasteiger partial charge in [0.15, 0.2) is 0 Å². The molecule has 2 nitrogen and oxygen atoms in total. The van der Waals surface area contributed by atoms with Crippen molar-refractivity contribution in [3.05, 3.63) is 60.9 Å². The first-order valence-electron chi connectivity index (χ1n) is 8.57. The number of fused-ring (bicyclic) bond motifs is 1. The fourth-order valence-electron chi connectivity index (χ4n) is 1.66. The number of nitrogens with zero attached hydrogens (tertiary/aromatic N) is 2. The van der Waals surface area contributed by atoms with E-state index in [-0.39, 0.29) is 0 Å². The Bertz CT molecular complexity index is 452. The van der Waals surface area contributed by atoms with Gasteiger partial charge < -0.3 is 9.80 Å². The van der Waals surface area contributed by atoms with Gasteiger partial charge in [0.1, 0.15) is 0 Å². The smallest absolute Gasteiger partial charge is 0.0957 e.